The van der Waals surface area contributed by atoms with E-state index >= 15 is 0 Å². The molecule has 0 bridgehead atoms. The quantitative estimate of drug-likeness (QED) is 0.459. The fourth-order valence-electron chi connectivity index (χ4n) is 2.07. The van der Waals surface area contributed by atoms with Gasteiger partial charge in [-0.2, -0.15) is 0 Å². The van der Waals surface area contributed by atoms with Gasteiger partial charge in [0.05, 0.1) is 29.8 Å². The van der Waals surface area contributed by atoms with Crippen LogP contribution in [0.1, 0.15) is 11.1 Å². The molecule has 0 amide bonds. The first kappa shape index (κ1) is 21.2. The van der Waals surface area contributed by atoms with E-state index in [1.807, 2.05) is 0 Å². The van der Waals surface area contributed by atoms with Crippen LogP contribution in [0.3, 0.4) is 0 Å². The number of nitrogens with zero attached hydrogens (tertiary/aromatic N) is 2. The van der Waals surface area contributed by atoms with Gasteiger partial charge in [-0.15, -0.1) is 0 Å². The highest BCUT2D eigenvalue weighted by molar-refractivity contribution is 5.74. The summed E-state index contributed by atoms with van der Waals surface area (Å²) in [6.07, 6.45) is -0.398. The van der Waals surface area contributed by atoms with Crippen molar-refractivity contribution in [3.8, 4) is 0 Å². The molecule has 2 aromatic carbocycles. The Morgan fingerprint density at radius 1 is 0.889 bits per heavy atom. The van der Waals surface area contributed by atoms with E-state index in [9.17, 15) is 29.8 Å². The number of nitro groups is 2. The zero-order valence-electron chi connectivity index (χ0n) is 14.2. The highest BCUT2D eigenvalue weighted by atomic mass is 16.6. The van der Waals surface area contributed by atoms with E-state index in [4.69, 9.17) is 5.11 Å². The second-order valence-corrected chi connectivity index (χ2v) is 5.10. The standard InChI is InChI=1S/C9H9NO4.C8H7NO4/c1-14-9(11)6-7-4-2-3-5-8(7)10(12)13;10-8(11)5-6-3-1-2-4-7(6)9(12)13/h2-5H,6H2,1H3;1-4H,5H2,(H,10,11). The van der Waals surface area contributed by atoms with E-state index in [-0.39, 0.29) is 29.8 Å². The Hall–Kier alpha value is -3.82. The zero-order valence-corrected chi connectivity index (χ0v) is 14.2. The molecule has 10 heteroatoms. The summed E-state index contributed by atoms with van der Waals surface area (Å²) in [5, 5.41) is 29.4. The number of hydrogen-bond acceptors (Lipinski definition) is 7. The maximum atomic E-state index is 10.9. The van der Waals surface area contributed by atoms with Crippen LogP contribution in [0.5, 0.6) is 0 Å². The predicted octanol–water partition coefficient (Wildman–Crippen LogP) is 2.53. The van der Waals surface area contributed by atoms with Gasteiger partial charge in [0.15, 0.2) is 0 Å². The Morgan fingerprint density at radius 2 is 1.30 bits per heavy atom. The molecule has 1 N–H and O–H groups in total. The van der Waals surface area contributed by atoms with Gasteiger partial charge in [-0.05, 0) is 0 Å². The van der Waals surface area contributed by atoms with Crippen LogP contribution in [-0.2, 0) is 27.2 Å². The van der Waals surface area contributed by atoms with Crippen molar-refractivity contribution in [1.29, 1.82) is 0 Å². The molecule has 142 valence electrons. The third kappa shape index (κ3) is 6.90. The van der Waals surface area contributed by atoms with E-state index in [1.54, 1.807) is 18.2 Å². The fraction of sp³-hybridized carbons (Fsp3) is 0.176. The number of carboxylic acids is 1. The molecule has 0 heterocycles. The highest BCUT2D eigenvalue weighted by Gasteiger charge is 2.15. The highest BCUT2D eigenvalue weighted by Crippen LogP contribution is 2.18. The molecule has 10 nitrogen and oxygen atoms in total. The maximum Gasteiger partial charge on any atom is 0.310 e. The topological polar surface area (TPSA) is 150 Å². The minimum Gasteiger partial charge on any atom is -0.481 e. The van der Waals surface area contributed by atoms with E-state index in [1.165, 1.54) is 37.4 Å². The molecule has 0 aliphatic carbocycles. The van der Waals surface area contributed by atoms with Gasteiger partial charge in [-0.25, -0.2) is 0 Å². The van der Waals surface area contributed by atoms with Gasteiger partial charge in [0.2, 0.25) is 0 Å². The van der Waals surface area contributed by atoms with E-state index in [0.29, 0.717) is 5.56 Å². The lowest BCUT2D eigenvalue weighted by Gasteiger charge is -2.00. The lowest BCUT2D eigenvalue weighted by molar-refractivity contribution is -0.385. The third-order valence-electron chi connectivity index (χ3n) is 3.28. The number of nitro benzene ring substituents is 2. The molecule has 2 rings (SSSR count). The first-order chi connectivity index (χ1) is 12.8. The number of carboxylic acid groups (broad SMARTS) is 1. The molecule has 0 radical (unpaired) electrons. The monoisotopic (exact) mass is 376 g/mol. The average Bonchev–Trinajstić information content (AvgIpc) is 2.62. The lowest BCUT2D eigenvalue weighted by Crippen LogP contribution is -2.06. The van der Waals surface area contributed by atoms with Gasteiger partial charge in [-0.3, -0.25) is 29.8 Å². The molecule has 0 unspecified atom stereocenters. The summed E-state index contributed by atoms with van der Waals surface area (Å²) in [5.41, 5.74) is 0.382. The maximum absolute atomic E-state index is 10.9. The van der Waals surface area contributed by atoms with E-state index in [0.717, 1.165) is 0 Å². The van der Waals surface area contributed by atoms with Crippen LogP contribution in [0.4, 0.5) is 11.4 Å². The molecule has 0 saturated carbocycles. The van der Waals surface area contributed by atoms with Gasteiger partial charge < -0.3 is 9.84 Å². The summed E-state index contributed by atoms with van der Waals surface area (Å²) < 4.78 is 4.43. The number of para-hydroxylation sites is 2. The molecular formula is C17H16N2O8. The minimum absolute atomic E-state index is 0.0575. The average molecular weight is 376 g/mol. The molecular weight excluding hydrogens is 360 g/mol. The van der Waals surface area contributed by atoms with Gasteiger partial charge >= 0.3 is 11.9 Å². The summed E-state index contributed by atoms with van der Waals surface area (Å²) in [4.78, 5) is 41.1. The molecule has 0 atom stereocenters. The number of rotatable bonds is 6. The molecule has 0 saturated heterocycles. The molecule has 0 aromatic heterocycles. The molecule has 27 heavy (non-hydrogen) atoms. The second-order valence-electron chi connectivity index (χ2n) is 5.10. The van der Waals surface area contributed by atoms with Crippen LogP contribution in [0.15, 0.2) is 48.5 Å². The first-order valence-corrected chi connectivity index (χ1v) is 7.49. The molecule has 0 aliphatic heterocycles. The fourth-order valence-corrected chi connectivity index (χ4v) is 2.07. The Balaban J connectivity index is 0.000000271. The van der Waals surface area contributed by atoms with Crippen molar-refractivity contribution in [2.75, 3.05) is 7.11 Å². The van der Waals surface area contributed by atoms with Crippen molar-refractivity contribution < 1.29 is 29.3 Å². The third-order valence-corrected chi connectivity index (χ3v) is 3.28. The summed E-state index contributed by atoms with van der Waals surface area (Å²) >= 11 is 0. The van der Waals surface area contributed by atoms with Crippen molar-refractivity contribution in [2.24, 2.45) is 0 Å². The number of benzene rings is 2. The van der Waals surface area contributed by atoms with Crippen molar-refractivity contribution in [1.82, 2.24) is 0 Å². The Labute approximate surface area is 153 Å². The normalized spacial score (nSPS) is 9.52. The smallest absolute Gasteiger partial charge is 0.310 e. The van der Waals surface area contributed by atoms with Gasteiger partial charge in [0.25, 0.3) is 11.4 Å². The van der Waals surface area contributed by atoms with Crippen molar-refractivity contribution in [3.05, 3.63) is 79.9 Å². The van der Waals surface area contributed by atoms with E-state index in [2.05, 4.69) is 4.74 Å². The van der Waals surface area contributed by atoms with Gasteiger partial charge in [0.1, 0.15) is 0 Å². The summed E-state index contributed by atoms with van der Waals surface area (Å²) in [5.74, 6) is -1.56. The number of esters is 1. The van der Waals surface area contributed by atoms with Crippen LogP contribution < -0.4 is 0 Å². The Bertz CT molecular complexity index is 850. The first-order valence-electron chi connectivity index (χ1n) is 7.49. The van der Waals surface area contributed by atoms with Crippen LogP contribution in [-0.4, -0.2) is 34.0 Å². The summed E-state index contributed by atoms with van der Waals surface area (Å²) in [7, 11) is 1.25. The minimum atomic E-state index is -1.07. The van der Waals surface area contributed by atoms with Crippen molar-refractivity contribution in [2.45, 2.75) is 12.8 Å². The molecule has 0 fully saturated rings. The Morgan fingerprint density at radius 3 is 1.67 bits per heavy atom. The van der Waals surface area contributed by atoms with Crippen molar-refractivity contribution >= 4 is 23.3 Å². The van der Waals surface area contributed by atoms with Crippen molar-refractivity contribution in [3.63, 3.8) is 0 Å². The van der Waals surface area contributed by atoms with Crippen LogP contribution >= 0.6 is 0 Å². The number of ether oxygens (including phenoxy) is 1. The zero-order chi connectivity index (χ0) is 20.4. The van der Waals surface area contributed by atoms with Crippen LogP contribution in [0, 0.1) is 20.2 Å². The second kappa shape index (κ2) is 10.2. The number of carbonyl (C=O) groups excluding carboxylic acids is 1. The number of aliphatic carboxylic acids is 1. The largest absolute Gasteiger partial charge is 0.481 e. The lowest BCUT2D eigenvalue weighted by atomic mass is 10.1. The number of methoxy groups -OCH3 is 1. The van der Waals surface area contributed by atoms with Gasteiger partial charge in [-0.1, -0.05) is 36.4 Å². The number of carbonyl (C=O) groups is 2. The summed E-state index contributed by atoms with van der Waals surface area (Å²) in [6, 6.07) is 11.9. The van der Waals surface area contributed by atoms with Crippen LogP contribution in [0.25, 0.3) is 0 Å². The SMILES string of the molecule is COC(=O)Cc1ccccc1[N+](=O)[O-].O=C(O)Cc1ccccc1[N+](=O)[O-]. The molecule has 0 spiro atoms. The van der Waals surface area contributed by atoms with E-state index < -0.39 is 21.8 Å². The molecule has 2 aromatic rings. The number of hydrogen-bond donors (Lipinski definition) is 1. The molecule has 0 aliphatic rings. The van der Waals surface area contributed by atoms with Gasteiger partial charge in [0, 0.05) is 23.3 Å². The summed E-state index contributed by atoms with van der Waals surface area (Å²) in [6.45, 7) is 0. The van der Waals surface area contributed by atoms with Crippen LogP contribution in [0.2, 0.25) is 0 Å². The predicted molar refractivity (Wildman–Crippen MR) is 93.3 cm³/mol. The Kier molecular flexibility index (Phi) is 8.04.